The van der Waals surface area contributed by atoms with Crippen molar-refractivity contribution in [1.29, 1.82) is 0 Å². The molecule has 4 bridgehead atoms. The second kappa shape index (κ2) is 5.52. The molecule has 4 saturated carbocycles. The molecule has 0 aromatic carbocycles. The second-order valence-electron chi connectivity index (χ2n) is 7.97. The van der Waals surface area contributed by atoms with Crippen molar-refractivity contribution in [3.63, 3.8) is 0 Å². The molecule has 1 amide bonds. The average Bonchev–Trinajstić information content (AvgIpc) is 2.47. The van der Waals surface area contributed by atoms with Crippen LogP contribution in [0.5, 0.6) is 0 Å². The minimum atomic E-state index is -0.0655. The zero-order chi connectivity index (χ0) is 14.4. The Bertz CT molecular complexity index is 391. The third-order valence-electron chi connectivity index (χ3n) is 6.62. The van der Waals surface area contributed by atoms with Crippen LogP contribution in [0.3, 0.4) is 0 Å². The lowest BCUT2D eigenvalue weighted by Crippen LogP contribution is -2.58. The van der Waals surface area contributed by atoms with Gasteiger partial charge in [-0.1, -0.05) is 15.9 Å². The normalized spacial score (nSPS) is 43.8. The Morgan fingerprint density at radius 3 is 2.14 bits per heavy atom. The van der Waals surface area contributed by atoms with Crippen molar-refractivity contribution in [2.75, 3.05) is 18.5 Å². The van der Waals surface area contributed by atoms with Crippen LogP contribution in [-0.4, -0.2) is 30.0 Å². The second-order valence-corrected chi connectivity index (χ2v) is 8.53. The molecular formula is C17H26BrNO2. The quantitative estimate of drug-likeness (QED) is 0.789. The van der Waals surface area contributed by atoms with Gasteiger partial charge in [-0.3, -0.25) is 4.79 Å². The Hall–Kier alpha value is -0.0900. The molecular weight excluding hydrogens is 330 g/mol. The fourth-order valence-corrected chi connectivity index (χ4v) is 6.45. The van der Waals surface area contributed by atoms with Crippen LogP contribution in [0.4, 0.5) is 0 Å². The summed E-state index contributed by atoms with van der Waals surface area (Å²) < 4.78 is 5.48. The molecule has 4 heteroatoms. The summed E-state index contributed by atoms with van der Waals surface area (Å²) in [4.78, 5) is 13.0. The summed E-state index contributed by atoms with van der Waals surface area (Å²) in [6.45, 7) is 1.54. The number of ether oxygens (including phenoxy) is 1. The Morgan fingerprint density at radius 2 is 1.62 bits per heavy atom. The van der Waals surface area contributed by atoms with E-state index >= 15 is 0 Å². The average molecular weight is 356 g/mol. The van der Waals surface area contributed by atoms with E-state index in [1.165, 1.54) is 32.1 Å². The molecule has 5 fully saturated rings. The van der Waals surface area contributed by atoms with E-state index < -0.39 is 0 Å². The Kier molecular flexibility index (Phi) is 3.81. The lowest BCUT2D eigenvalue weighted by Gasteiger charge is -2.54. The summed E-state index contributed by atoms with van der Waals surface area (Å²) in [6.07, 6.45) is 8.59. The molecule has 1 saturated heterocycles. The van der Waals surface area contributed by atoms with Crippen molar-refractivity contribution in [3.8, 4) is 0 Å². The minimum Gasteiger partial charge on any atom is -0.381 e. The summed E-state index contributed by atoms with van der Waals surface area (Å²) in [5.41, 5.74) is -0.0655. The third-order valence-corrected chi connectivity index (χ3v) is 7.70. The Morgan fingerprint density at radius 1 is 1.05 bits per heavy atom. The van der Waals surface area contributed by atoms with Crippen LogP contribution in [0.2, 0.25) is 0 Å². The fraction of sp³-hybridized carbons (Fsp3) is 0.941. The van der Waals surface area contributed by atoms with Crippen LogP contribution < -0.4 is 5.32 Å². The maximum absolute atomic E-state index is 13.0. The Labute approximate surface area is 135 Å². The number of halogens is 1. The SMILES string of the molecule is O=C(NC1(CBr)CCOCC1)C1C2CC3CC(C2)CC1C3. The number of hydrogen-bond donors (Lipinski definition) is 1. The molecule has 0 radical (unpaired) electrons. The van der Waals surface area contributed by atoms with Gasteiger partial charge in [0, 0.05) is 24.5 Å². The third kappa shape index (κ3) is 2.56. The molecule has 0 aromatic rings. The molecule has 5 rings (SSSR count). The van der Waals surface area contributed by atoms with Crippen LogP contribution in [0.25, 0.3) is 0 Å². The van der Waals surface area contributed by atoms with E-state index in [0.29, 0.717) is 23.7 Å². The first kappa shape index (κ1) is 14.5. The van der Waals surface area contributed by atoms with Gasteiger partial charge in [0.15, 0.2) is 0 Å². The molecule has 0 aromatic heterocycles. The fourth-order valence-electron chi connectivity index (χ4n) is 5.75. The number of carbonyl (C=O) groups excluding carboxylic acids is 1. The van der Waals surface area contributed by atoms with E-state index in [9.17, 15) is 4.79 Å². The number of hydrogen-bond acceptors (Lipinski definition) is 2. The van der Waals surface area contributed by atoms with Crippen molar-refractivity contribution in [2.24, 2.45) is 29.6 Å². The van der Waals surface area contributed by atoms with Crippen molar-refractivity contribution < 1.29 is 9.53 Å². The molecule has 3 nitrogen and oxygen atoms in total. The number of amides is 1. The molecule has 5 aliphatic rings. The lowest BCUT2D eigenvalue weighted by molar-refractivity contribution is -0.140. The van der Waals surface area contributed by atoms with E-state index in [1.807, 2.05) is 0 Å². The molecule has 0 unspecified atom stereocenters. The monoisotopic (exact) mass is 355 g/mol. The summed E-state index contributed by atoms with van der Waals surface area (Å²) in [6, 6.07) is 0. The first-order valence-electron chi connectivity index (χ1n) is 8.65. The number of rotatable bonds is 3. The van der Waals surface area contributed by atoms with Crippen LogP contribution in [0, 0.1) is 29.6 Å². The summed E-state index contributed by atoms with van der Waals surface area (Å²) in [5, 5.41) is 4.29. The van der Waals surface area contributed by atoms with E-state index in [0.717, 1.165) is 43.2 Å². The van der Waals surface area contributed by atoms with Crippen molar-refractivity contribution >= 4 is 21.8 Å². The van der Waals surface area contributed by atoms with Crippen molar-refractivity contribution in [2.45, 2.75) is 50.5 Å². The van der Waals surface area contributed by atoms with Gasteiger partial charge in [-0.25, -0.2) is 0 Å². The van der Waals surface area contributed by atoms with Gasteiger partial charge in [-0.15, -0.1) is 0 Å². The molecule has 1 N–H and O–H groups in total. The van der Waals surface area contributed by atoms with E-state index in [4.69, 9.17) is 4.74 Å². The van der Waals surface area contributed by atoms with Gasteiger partial charge in [-0.2, -0.15) is 0 Å². The van der Waals surface area contributed by atoms with Crippen molar-refractivity contribution in [3.05, 3.63) is 0 Å². The lowest BCUT2D eigenvalue weighted by atomic mass is 9.51. The van der Waals surface area contributed by atoms with Crippen molar-refractivity contribution in [1.82, 2.24) is 5.32 Å². The van der Waals surface area contributed by atoms with E-state index in [2.05, 4.69) is 21.2 Å². The Balaban J connectivity index is 1.47. The maximum atomic E-state index is 13.0. The zero-order valence-electron chi connectivity index (χ0n) is 12.7. The number of nitrogens with one attached hydrogen (secondary N) is 1. The van der Waals surface area contributed by atoms with E-state index in [-0.39, 0.29) is 5.54 Å². The summed E-state index contributed by atoms with van der Waals surface area (Å²) in [7, 11) is 0. The molecule has 1 heterocycles. The van der Waals surface area contributed by atoms with Gasteiger partial charge in [-0.05, 0) is 68.6 Å². The van der Waals surface area contributed by atoms with Gasteiger partial charge < -0.3 is 10.1 Å². The van der Waals surface area contributed by atoms with Crippen LogP contribution in [0.1, 0.15) is 44.9 Å². The molecule has 4 aliphatic carbocycles. The van der Waals surface area contributed by atoms with Gasteiger partial charge in [0.1, 0.15) is 0 Å². The first-order chi connectivity index (χ1) is 10.2. The van der Waals surface area contributed by atoms with Gasteiger partial charge in [0.25, 0.3) is 0 Å². The highest BCUT2D eigenvalue weighted by Gasteiger charge is 2.51. The predicted molar refractivity (Wildman–Crippen MR) is 85.3 cm³/mol. The van der Waals surface area contributed by atoms with E-state index in [1.54, 1.807) is 0 Å². The topological polar surface area (TPSA) is 38.3 Å². The highest BCUT2D eigenvalue weighted by atomic mass is 79.9. The largest absolute Gasteiger partial charge is 0.381 e. The molecule has 1 aliphatic heterocycles. The first-order valence-corrected chi connectivity index (χ1v) is 9.77. The highest BCUT2D eigenvalue weighted by molar-refractivity contribution is 9.09. The number of alkyl halides is 1. The zero-order valence-corrected chi connectivity index (χ0v) is 14.2. The summed E-state index contributed by atoms with van der Waals surface area (Å²) >= 11 is 3.63. The predicted octanol–water partition coefficient (Wildman–Crippen LogP) is 3.12. The molecule has 21 heavy (non-hydrogen) atoms. The van der Waals surface area contributed by atoms with Crippen LogP contribution >= 0.6 is 15.9 Å². The van der Waals surface area contributed by atoms with Crippen LogP contribution in [0.15, 0.2) is 0 Å². The van der Waals surface area contributed by atoms with Gasteiger partial charge in [0.2, 0.25) is 5.91 Å². The smallest absolute Gasteiger partial charge is 0.224 e. The van der Waals surface area contributed by atoms with Crippen LogP contribution in [-0.2, 0) is 9.53 Å². The van der Waals surface area contributed by atoms with Gasteiger partial charge in [0.05, 0.1) is 5.54 Å². The molecule has 0 atom stereocenters. The number of carbonyl (C=O) groups is 1. The standard InChI is InChI=1S/C17H26BrNO2/c18-10-17(1-3-21-4-2-17)19-16(20)15-13-6-11-5-12(8-13)9-14(15)7-11/h11-15H,1-10H2,(H,19,20). The maximum Gasteiger partial charge on any atom is 0.224 e. The molecule has 0 spiro atoms. The van der Waals surface area contributed by atoms with Gasteiger partial charge >= 0.3 is 0 Å². The highest BCUT2D eigenvalue weighted by Crippen LogP contribution is 2.56. The molecule has 118 valence electrons. The summed E-state index contributed by atoms with van der Waals surface area (Å²) in [5.74, 6) is 3.87. The minimum absolute atomic E-state index is 0.0655.